The van der Waals surface area contributed by atoms with Gasteiger partial charge in [-0.05, 0) is 68.3 Å². The standard InChI is InChI=1S/C17H26N2O2S3/c1-4-21-16(20)14-12-7-6-11(2)10-13(12)24-15(14)19-17(22)18-8-5-9-23-3/h11H,4-10H2,1-3H3,(H2,18,19,22)/t11-/m0/s1. The number of anilines is 1. The normalized spacial score (nSPS) is 16.4. The maximum absolute atomic E-state index is 12.4. The molecule has 1 atom stereocenters. The zero-order chi connectivity index (χ0) is 17.5. The Kier molecular flexibility index (Phi) is 7.84. The molecule has 1 aliphatic carbocycles. The van der Waals surface area contributed by atoms with E-state index in [0.29, 0.717) is 23.2 Å². The van der Waals surface area contributed by atoms with E-state index in [2.05, 4.69) is 23.8 Å². The van der Waals surface area contributed by atoms with Crippen LogP contribution in [0.1, 0.15) is 47.5 Å². The summed E-state index contributed by atoms with van der Waals surface area (Å²) >= 11 is 8.86. The zero-order valence-corrected chi connectivity index (χ0v) is 17.0. The van der Waals surface area contributed by atoms with Crippen LogP contribution >= 0.6 is 35.3 Å². The Labute approximate surface area is 158 Å². The molecule has 0 fully saturated rings. The summed E-state index contributed by atoms with van der Waals surface area (Å²) < 4.78 is 5.28. The third-order valence-electron chi connectivity index (χ3n) is 4.03. The number of hydrogen-bond acceptors (Lipinski definition) is 5. The van der Waals surface area contributed by atoms with Crippen molar-refractivity contribution in [3.63, 3.8) is 0 Å². The molecule has 0 saturated carbocycles. The van der Waals surface area contributed by atoms with Gasteiger partial charge in [-0.15, -0.1) is 11.3 Å². The van der Waals surface area contributed by atoms with Crippen molar-refractivity contribution in [3.05, 3.63) is 16.0 Å². The molecule has 0 bridgehead atoms. The third kappa shape index (κ3) is 5.10. The molecule has 7 heteroatoms. The number of hydrogen-bond donors (Lipinski definition) is 2. The Bertz CT molecular complexity index is 587. The minimum Gasteiger partial charge on any atom is -0.462 e. The van der Waals surface area contributed by atoms with Crippen molar-refractivity contribution < 1.29 is 9.53 Å². The summed E-state index contributed by atoms with van der Waals surface area (Å²) in [4.78, 5) is 13.7. The van der Waals surface area contributed by atoms with Crippen molar-refractivity contribution in [2.24, 2.45) is 5.92 Å². The number of thiocarbonyl (C=S) groups is 1. The van der Waals surface area contributed by atoms with Crippen molar-refractivity contribution in [3.8, 4) is 0 Å². The Morgan fingerprint density at radius 2 is 2.29 bits per heavy atom. The summed E-state index contributed by atoms with van der Waals surface area (Å²) in [6, 6.07) is 0. The Hall–Kier alpha value is -0.790. The van der Waals surface area contributed by atoms with Crippen LogP contribution in [0.2, 0.25) is 0 Å². The second-order valence-corrected chi connectivity index (χ2v) is 8.50. The van der Waals surface area contributed by atoms with E-state index < -0.39 is 0 Å². The van der Waals surface area contributed by atoms with Crippen molar-refractivity contribution in [2.75, 3.05) is 30.5 Å². The highest BCUT2D eigenvalue weighted by Crippen LogP contribution is 2.40. The van der Waals surface area contributed by atoms with Crippen LogP contribution < -0.4 is 10.6 Å². The van der Waals surface area contributed by atoms with Gasteiger partial charge in [0.15, 0.2) is 5.11 Å². The average molecular weight is 387 g/mol. The molecule has 0 radical (unpaired) electrons. The maximum Gasteiger partial charge on any atom is 0.341 e. The van der Waals surface area contributed by atoms with Gasteiger partial charge in [0.2, 0.25) is 0 Å². The van der Waals surface area contributed by atoms with Crippen LogP contribution in [0, 0.1) is 5.92 Å². The first-order chi connectivity index (χ1) is 11.6. The molecule has 1 heterocycles. The van der Waals surface area contributed by atoms with Crippen molar-refractivity contribution >= 4 is 51.4 Å². The van der Waals surface area contributed by atoms with Gasteiger partial charge in [0, 0.05) is 11.4 Å². The summed E-state index contributed by atoms with van der Waals surface area (Å²) in [5, 5.41) is 7.85. The van der Waals surface area contributed by atoms with Gasteiger partial charge in [0.05, 0.1) is 12.2 Å². The van der Waals surface area contributed by atoms with Crippen LogP contribution in [-0.4, -0.2) is 36.2 Å². The minimum atomic E-state index is -0.239. The highest BCUT2D eigenvalue weighted by Gasteiger charge is 2.28. The van der Waals surface area contributed by atoms with Crippen molar-refractivity contribution in [1.82, 2.24) is 5.32 Å². The SMILES string of the molecule is CCOC(=O)c1c(NC(=S)NCCCSC)sc2c1CC[C@H](C)C2. The quantitative estimate of drug-likeness (QED) is 0.418. The first-order valence-electron chi connectivity index (χ1n) is 8.42. The molecule has 0 aliphatic heterocycles. The second kappa shape index (κ2) is 9.63. The number of carbonyl (C=O) groups is 1. The van der Waals surface area contributed by atoms with Crippen LogP contribution in [0.5, 0.6) is 0 Å². The summed E-state index contributed by atoms with van der Waals surface area (Å²) in [5.74, 6) is 1.53. The van der Waals surface area contributed by atoms with Crippen LogP contribution in [-0.2, 0) is 17.6 Å². The number of thiophene rings is 1. The number of esters is 1. The smallest absolute Gasteiger partial charge is 0.341 e. The molecule has 1 aromatic heterocycles. The van der Waals surface area contributed by atoms with E-state index in [4.69, 9.17) is 17.0 Å². The summed E-state index contributed by atoms with van der Waals surface area (Å²) in [7, 11) is 0. The second-order valence-electron chi connectivity index (χ2n) is 6.00. The molecule has 0 aromatic carbocycles. The fourth-order valence-corrected chi connectivity index (χ4v) is 4.93. The van der Waals surface area contributed by atoms with Gasteiger partial charge >= 0.3 is 5.97 Å². The molecular formula is C17H26N2O2S3. The van der Waals surface area contributed by atoms with E-state index in [1.165, 1.54) is 4.88 Å². The monoisotopic (exact) mass is 386 g/mol. The van der Waals surface area contributed by atoms with Gasteiger partial charge in [-0.1, -0.05) is 6.92 Å². The lowest BCUT2D eigenvalue weighted by Crippen LogP contribution is -2.29. The lowest BCUT2D eigenvalue weighted by atomic mass is 9.88. The van der Waals surface area contributed by atoms with E-state index in [9.17, 15) is 4.79 Å². The lowest BCUT2D eigenvalue weighted by Gasteiger charge is -2.18. The molecule has 4 nitrogen and oxygen atoms in total. The van der Waals surface area contributed by atoms with E-state index in [-0.39, 0.29) is 5.97 Å². The molecule has 0 unspecified atom stereocenters. The molecule has 0 saturated heterocycles. The molecule has 1 aliphatic rings. The first-order valence-corrected chi connectivity index (χ1v) is 11.0. The number of fused-ring (bicyclic) bond motifs is 1. The molecular weight excluding hydrogens is 360 g/mol. The Morgan fingerprint density at radius 1 is 1.50 bits per heavy atom. The highest BCUT2D eigenvalue weighted by atomic mass is 32.2. The van der Waals surface area contributed by atoms with E-state index in [1.54, 1.807) is 11.3 Å². The van der Waals surface area contributed by atoms with Gasteiger partial charge in [-0.25, -0.2) is 4.79 Å². The molecule has 1 aromatic rings. The number of rotatable bonds is 7. The summed E-state index contributed by atoms with van der Waals surface area (Å²) in [6.45, 7) is 5.32. The fraction of sp³-hybridized carbons (Fsp3) is 0.647. The topological polar surface area (TPSA) is 50.4 Å². The van der Waals surface area contributed by atoms with E-state index >= 15 is 0 Å². The molecule has 2 rings (SSSR count). The largest absolute Gasteiger partial charge is 0.462 e. The first kappa shape index (κ1) is 19.5. The van der Waals surface area contributed by atoms with Gasteiger partial charge in [0.25, 0.3) is 0 Å². The molecule has 24 heavy (non-hydrogen) atoms. The molecule has 2 N–H and O–H groups in total. The highest BCUT2D eigenvalue weighted by molar-refractivity contribution is 7.98. The molecule has 134 valence electrons. The number of thioether (sulfide) groups is 1. The Morgan fingerprint density at radius 3 is 3.00 bits per heavy atom. The van der Waals surface area contributed by atoms with E-state index in [1.807, 2.05) is 18.7 Å². The van der Waals surface area contributed by atoms with Crippen LogP contribution in [0.3, 0.4) is 0 Å². The predicted molar refractivity (Wildman–Crippen MR) is 109 cm³/mol. The molecule has 0 spiro atoms. The number of ether oxygens (including phenoxy) is 1. The zero-order valence-electron chi connectivity index (χ0n) is 14.6. The maximum atomic E-state index is 12.4. The van der Waals surface area contributed by atoms with Crippen LogP contribution in [0.4, 0.5) is 5.00 Å². The lowest BCUT2D eigenvalue weighted by molar-refractivity contribution is 0.0526. The minimum absolute atomic E-state index is 0.239. The van der Waals surface area contributed by atoms with E-state index in [0.717, 1.165) is 48.5 Å². The fourth-order valence-electron chi connectivity index (χ4n) is 2.82. The van der Waals surface area contributed by atoms with Crippen LogP contribution in [0.15, 0.2) is 0 Å². The summed E-state index contributed by atoms with van der Waals surface area (Å²) in [6.07, 6.45) is 6.25. The van der Waals surface area contributed by atoms with Crippen LogP contribution in [0.25, 0.3) is 0 Å². The predicted octanol–water partition coefficient (Wildman–Crippen LogP) is 4.09. The average Bonchev–Trinajstić information content (AvgIpc) is 2.88. The van der Waals surface area contributed by atoms with Gasteiger partial charge in [0.1, 0.15) is 5.00 Å². The van der Waals surface area contributed by atoms with Crippen molar-refractivity contribution in [2.45, 2.75) is 39.5 Å². The third-order valence-corrected chi connectivity index (χ3v) is 6.14. The van der Waals surface area contributed by atoms with Gasteiger partial charge < -0.3 is 15.4 Å². The van der Waals surface area contributed by atoms with Gasteiger partial charge in [-0.2, -0.15) is 11.8 Å². The number of carbonyl (C=O) groups excluding carboxylic acids is 1. The van der Waals surface area contributed by atoms with Gasteiger partial charge in [-0.3, -0.25) is 0 Å². The van der Waals surface area contributed by atoms with Crippen molar-refractivity contribution in [1.29, 1.82) is 0 Å². The Balaban J connectivity index is 2.13. The molecule has 0 amide bonds. The number of nitrogens with one attached hydrogen (secondary N) is 2. The summed E-state index contributed by atoms with van der Waals surface area (Å²) in [5.41, 5.74) is 1.85.